The van der Waals surface area contributed by atoms with Crippen molar-refractivity contribution >= 4 is 29.3 Å². The molecule has 240 valence electrons. The van der Waals surface area contributed by atoms with Gasteiger partial charge in [0.25, 0.3) is 5.91 Å². The third kappa shape index (κ3) is 8.49. The van der Waals surface area contributed by atoms with Gasteiger partial charge in [0.05, 0.1) is 25.2 Å². The lowest BCUT2D eigenvalue weighted by molar-refractivity contribution is 0.0597. The summed E-state index contributed by atoms with van der Waals surface area (Å²) in [6.07, 6.45) is 5.11. The minimum atomic E-state index is -0.620. The lowest BCUT2D eigenvalue weighted by atomic mass is 10.1. The molecule has 0 aliphatic carbocycles. The van der Waals surface area contributed by atoms with Gasteiger partial charge >= 0.3 is 12.0 Å². The van der Waals surface area contributed by atoms with Crippen molar-refractivity contribution in [3.63, 3.8) is 0 Å². The van der Waals surface area contributed by atoms with E-state index in [4.69, 9.17) is 9.47 Å². The van der Waals surface area contributed by atoms with Crippen LogP contribution in [0.5, 0.6) is 11.5 Å². The smallest absolute Gasteiger partial charge is 0.341 e. The zero-order valence-corrected chi connectivity index (χ0v) is 26.0. The zero-order valence-electron chi connectivity index (χ0n) is 26.0. The molecule has 4 aromatic rings. The summed E-state index contributed by atoms with van der Waals surface area (Å²) in [5.41, 5.74) is 3.44. The molecule has 12 heteroatoms. The number of carbonyl (C=O) groups excluding carboxylic acids is 3. The zero-order chi connectivity index (χ0) is 32.6. The predicted octanol–water partition coefficient (Wildman–Crippen LogP) is 5.19. The molecule has 3 aromatic carbocycles. The van der Waals surface area contributed by atoms with E-state index < -0.39 is 12.0 Å². The topological polar surface area (TPSA) is 147 Å². The number of nitrogens with one attached hydrogen (secondary N) is 3. The van der Waals surface area contributed by atoms with Crippen LogP contribution in [-0.2, 0) is 11.3 Å². The van der Waals surface area contributed by atoms with Gasteiger partial charge in [-0.25, -0.2) is 14.6 Å². The molecule has 1 aromatic heterocycles. The lowest BCUT2D eigenvalue weighted by Crippen LogP contribution is -2.35. The van der Waals surface area contributed by atoms with Crippen molar-refractivity contribution in [2.24, 2.45) is 0 Å². The summed E-state index contributed by atoms with van der Waals surface area (Å²) in [6, 6.07) is 18.2. The number of ether oxygens (including phenoxy) is 2. The van der Waals surface area contributed by atoms with Crippen LogP contribution in [0.2, 0.25) is 0 Å². The first-order valence-corrected chi connectivity index (χ1v) is 15.1. The maximum atomic E-state index is 12.9. The summed E-state index contributed by atoms with van der Waals surface area (Å²) in [5, 5.41) is 18.0. The monoisotopic (exact) mass is 626 g/mol. The Hall–Kier alpha value is -5.20. The fraction of sp³-hybridized carbons (Fsp3) is 0.294. The van der Waals surface area contributed by atoms with Crippen LogP contribution in [0.3, 0.4) is 0 Å². The number of likely N-dealkylation sites (tertiary alicyclic amines) is 1. The number of amides is 3. The highest BCUT2D eigenvalue weighted by molar-refractivity contribution is 6.04. The molecule has 3 amide bonds. The number of nitrogens with zero attached hydrogens (tertiary/aromatic N) is 3. The summed E-state index contributed by atoms with van der Waals surface area (Å²) >= 11 is 0. The van der Waals surface area contributed by atoms with Gasteiger partial charge in [-0.15, -0.1) is 0 Å². The van der Waals surface area contributed by atoms with E-state index in [1.165, 1.54) is 13.2 Å². The lowest BCUT2D eigenvalue weighted by Gasteiger charge is -2.28. The van der Waals surface area contributed by atoms with E-state index in [0.717, 1.165) is 43.9 Å². The molecule has 12 nitrogen and oxygen atoms in total. The second-order valence-electron chi connectivity index (χ2n) is 11.4. The molecule has 0 radical (unpaired) electrons. The van der Waals surface area contributed by atoms with Crippen molar-refractivity contribution in [1.29, 1.82) is 0 Å². The van der Waals surface area contributed by atoms with E-state index in [9.17, 15) is 19.5 Å². The van der Waals surface area contributed by atoms with Crippen molar-refractivity contribution in [3.8, 4) is 17.2 Å². The molecule has 2 heterocycles. The quantitative estimate of drug-likeness (QED) is 0.176. The Labute approximate surface area is 267 Å². The normalized spacial score (nSPS) is 13.7. The number of rotatable bonds is 10. The van der Waals surface area contributed by atoms with Gasteiger partial charge in [0.15, 0.2) is 0 Å². The standard InChI is InChI=1S/C34H38N6O6/c1-22(2)36-34(44)38-25-8-13-31(30(18-25)33(43)45-3)46-29-11-6-24(7-12-29)37-32(42)23-4-9-27(10-5-23)40-20-26(35-21-40)19-39-16-14-28(41)15-17-39/h4-13,18,20-22,28,41H,14-17,19H2,1-3H3,(H,37,42)(H2,36,38,44). The van der Waals surface area contributed by atoms with Crippen LogP contribution in [0.1, 0.15) is 53.1 Å². The van der Waals surface area contributed by atoms with Gasteiger partial charge in [-0.1, -0.05) is 0 Å². The highest BCUT2D eigenvalue weighted by Crippen LogP contribution is 2.29. The highest BCUT2D eigenvalue weighted by Gasteiger charge is 2.19. The van der Waals surface area contributed by atoms with E-state index >= 15 is 0 Å². The van der Waals surface area contributed by atoms with Gasteiger partial charge in [0.1, 0.15) is 17.1 Å². The Kier molecular flexibility index (Phi) is 10.3. The number of aliphatic hydroxyl groups is 1. The SMILES string of the molecule is COC(=O)c1cc(NC(=O)NC(C)C)ccc1Oc1ccc(NC(=O)c2ccc(-n3cnc(CN4CCC(O)CC4)c3)cc2)cc1. The van der Waals surface area contributed by atoms with Crippen molar-refractivity contribution in [2.45, 2.75) is 45.4 Å². The first-order valence-electron chi connectivity index (χ1n) is 15.1. The maximum absolute atomic E-state index is 12.9. The van der Waals surface area contributed by atoms with Crippen LogP contribution < -0.4 is 20.7 Å². The minimum Gasteiger partial charge on any atom is -0.465 e. The second-order valence-corrected chi connectivity index (χ2v) is 11.4. The van der Waals surface area contributed by atoms with E-state index in [1.807, 2.05) is 36.7 Å². The number of aliphatic hydroxyl groups excluding tert-OH is 1. The van der Waals surface area contributed by atoms with Crippen LogP contribution in [0.4, 0.5) is 16.2 Å². The molecular weight excluding hydrogens is 588 g/mol. The summed E-state index contributed by atoms with van der Waals surface area (Å²) in [5.74, 6) is -0.208. The highest BCUT2D eigenvalue weighted by atomic mass is 16.5. The molecule has 0 saturated carbocycles. The Bertz CT molecular complexity index is 1660. The number of benzene rings is 3. The molecule has 4 N–H and O–H groups in total. The van der Waals surface area contributed by atoms with Crippen LogP contribution in [0, 0.1) is 0 Å². The van der Waals surface area contributed by atoms with E-state index in [-0.39, 0.29) is 29.4 Å². The fourth-order valence-corrected chi connectivity index (χ4v) is 5.01. The predicted molar refractivity (Wildman–Crippen MR) is 174 cm³/mol. The molecule has 1 aliphatic heterocycles. The Morgan fingerprint density at radius 2 is 1.65 bits per heavy atom. The van der Waals surface area contributed by atoms with E-state index in [2.05, 4.69) is 25.8 Å². The molecule has 5 rings (SSSR count). The van der Waals surface area contributed by atoms with Gasteiger partial charge in [0.2, 0.25) is 0 Å². The third-order valence-corrected chi connectivity index (χ3v) is 7.41. The number of urea groups is 1. The van der Waals surface area contributed by atoms with Gasteiger partial charge < -0.3 is 35.1 Å². The fourth-order valence-electron chi connectivity index (χ4n) is 5.01. The number of carbonyl (C=O) groups is 3. The van der Waals surface area contributed by atoms with Gasteiger partial charge in [-0.2, -0.15) is 0 Å². The van der Waals surface area contributed by atoms with E-state index in [0.29, 0.717) is 22.7 Å². The maximum Gasteiger partial charge on any atom is 0.341 e. The summed E-state index contributed by atoms with van der Waals surface area (Å²) in [7, 11) is 1.27. The summed E-state index contributed by atoms with van der Waals surface area (Å²) in [4.78, 5) is 44.3. The first-order chi connectivity index (χ1) is 22.2. The number of piperidine rings is 1. The summed E-state index contributed by atoms with van der Waals surface area (Å²) < 4.78 is 12.8. The Morgan fingerprint density at radius 1 is 0.957 bits per heavy atom. The molecule has 0 atom stereocenters. The second kappa shape index (κ2) is 14.7. The number of methoxy groups -OCH3 is 1. The Balaban J connectivity index is 1.18. The van der Waals surface area contributed by atoms with Crippen LogP contribution >= 0.6 is 0 Å². The average molecular weight is 627 g/mol. The average Bonchev–Trinajstić information content (AvgIpc) is 3.51. The largest absolute Gasteiger partial charge is 0.465 e. The molecule has 1 aliphatic rings. The first kappa shape index (κ1) is 32.2. The number of esters is 1. The summed E-state index contributed by atoms with van der Waals surface area (Å²) in [6.45, 7) is 6.13. The number of hydrogen-bond acceptors (Lipinski definition) is 8. The van der Waals surface area contributed by atoms with Crippen molar-refractivity contribution in [1.82, 2.24) is 19.8 Å². The molecule has 0 unspecified atom stereocenters. The number of anilines is 2. The van der Waals surface area contributed by atoms with Crippen LogP contribution in [0.15, 0.2) is 79.3 Å². The number of hydrogen-bond donors (Lipinski definition) is 4. The molecule has 0 bridgehead atoms. The van der Waals surface area contributed by atoms with Crippen molar-refractivity contribution in [2.75, 3.05) is 30.8 Å². The third-order valence-electron chi connectivity index (χ3n) is 7.41. The van der Waals surface area contributed by atoms with Gasteiger partial charge in [-0.3, -0.25) is 9.69 Å². The minimum absolute atomic E-state index is 0.0505. The number of aromatic nitrogens is 2. The van der Waals surface area contributed by atoms with Crippen molar-refractivity contribution < 1.29 is 29.0 Å². The molecule has 1 fully saturated rings. The van der Waals surface area contributed by atoms with E-state index in [1.54, 1.807) is 54.9 Å². The Morgan fingerprint density at radius 3 is 2.33 bits per heavy atom. The molecule has 46 heavy (non-hydrogen) atoms. The van der Waals surface area contributed by atoms with Gasteiger partial charge in [-0.05, 0) is 93.4 Å². The van der Waals surface area contributed by atoms with Crippen LogP contribution in [-0.4, -0.2) is 69.8 Å². The van der Waals surface area contributed by atoms with Crippen LogP contribution in [0.25, 0.3) is 5.69 Å². The van der Waals surface area contributed by atoms with Crippen molar-refractivity contribution in [3.05, 3.63) is 96.1 Å². The van der Waals surface area contributed by atoms with Gasteiger partial charge in [0, 0.05) is 54.5 Å². The molecular formula is C34H38N6O6. The molecule has 0 spiro atoms. The number of imidazole rings is 1. The molecule has 1 saturated heterocycles.